The Morgan fingerprint density at radius 2 is 1.94 bits per heavy atom. The van der Waals surface area contributed by atoms with E-state index in [1.165, 1.54) is 5.56 Å². The number of fused-ring (bicyclic) bond motifs is 2. The molecule has 2 nitrogen and oxygen atoms in total. The maximum Gasteiger partial charge on any atom is 0.176 e. The van der Waals surface area contributed by atoms with E-state index in [1.807, 2.05) is 0 Å². The van der Waals surface area contributed by atoms with Gasteiger partial charge in [-0.3, -0.25) is 9.69 Å². The number of benzene rings is 1. The third-order valence-electron chi connectivity index (χ3n) is 4.33. The molecule has 0 aliphatic carbocycles. The Morgan fingerprint density at radius 3 is 2.67 bits per heavy atom. The van der Waals surface area contributed by atoms with Crippen molar-refractivity contribution in [3.63, 3.8) is 0 Å². The summed E-state index contributed by atoms with van der Waals surface area (Å²) in [4.78, 5) is 14.6. The zero-order chi connectivity index (χ0) is 12.7. The van der Waals surface area contributed by atoms with E-state index >= 15 is 0 Å². The van der Waals surface area contributed by atoms with Crippen molar-refractivity contribution in [1.82, 2.24) is 4.90 Å². The van der Waals surface area contributed by atoms with E-state index < -0.39 is 0 Å². The lowest BCUT2D eigenvalue weighted by Crippen LogP contribution is -2.43. The minimum Gasteiger partial charge on any atom is -0.293 e. The summed E-state index contributed by atoms with van der Waals surface area (Å²) in [7, 11) is 2.09. The number of ketones is 1. The molecule has 2 aliphatic rings. The van der Waals surface area contributed by atoms with Crippen molar-refractivity contribution in [2.24, 2.45) is 0 Å². The van der Waals surface area contributed by atoms with Gasteiger partial charge < -0.3 is 0 Å². The van der Waals surface area contributed by atoms with Gasteiger partial charge in [0.2, 0.25) is 0 Å². The zero-order valence-corrected chi connectivity index (χ0v) is 11.0. The summed E-state index contributed by atoms with van der Waals surface area (Å²) < 4.78 is 0. The van der Waals surface area contributed by atoms with Crippen LogP contribution in [0.2, 0.25) is 0 Å². The molecule has 1 aromatic rings. The van der Waals surface area contributed by atoms with Crippen LogP contribution in [0.1, 0.15) is 30.4 Å². The molecule has 0 amide bonds. The smallest absolute Gasteiger partial charge is 0.176 e. The molecule has 18 heavy (non-hydrogen) atoms. The third-order valence-corrected chi connectivity index (χ3v) is 4.33. The van der Waals surface area contributed by atoms with Crippen molar-refractivity contribution < 1.29 is 4.79 Å². The number of hydrogen-bond acceptors (Lipinski definition) is 2. The highest BCUT2D eigenvalue weighted by Crippen LogP contribution is 2.35. The van der Waals surface area contributed by atoms with Gasteiger partial charge in [0.1, 0.15) is 0 Å². The molecule has 2 heteroatoms. The maximum absolute atomic E-state index is 12.4. The second-order valence-electron chi connectivity index (χ2n) is 5.56. The van der Waals surface area contributed by atoms with Crippen molar-refractivity contribution in [1.29, 1.82) is 0 Å². The first-order valence-electron chi connectivity index (χ1n) is 6.68. The third kappa shape index (κ3) is 1.91. The Labute approximate surface area is 108 Å². The van der Waals surface area contributed by atoms with Crippen LogP contribution in [-0.4, -0.2) is 29.8 Å². The van der Waals surface area contributed by atoms with Crippen LogP contribution in [0, 0.1) is 6.92 Å². The molecule has 2 bridgehead atoms. The first kappa shape index (κ1) is 11.7. The van der Waals surface area contributed by atoms with Crippen LogP contribution in [0.5, 0.6) is 0 Å². The predicted octanol–water partition coefficient (Wildman–Crippen LogP) is 2.81. The van der Waals surface area contributed by atoms with Crippen LogP contribution >= 0.6 is 0 Å². The number of carbonyl (C=O) groups is 1. The quantitative estimate of drug-likeness (QED) is 0.705. The molecule has 0 saturated carbocycles. The Hall–Kier alpha value is -1.41. The topological polar surface area (TPSA) is 20.3 Å². The Kier molecular flexibility index (Phi) is 2.83. The molecule has 2 saturated heterocycles. The molecule has 3 rings (SSSR count). The lowest BCUT2D eigenvalue weighted by atomic mass is 9.94. The van der Waals surface area contributed by atoms with Gasteiger partial charge in [-0.1, -0.05) is 29.8 Å². The fourth-order valence-corrected chi connectivity index (χ4v) is 3.14. The van der Waals surface area contributed by atoms with Crippen molar-refractivity contribution in [3.8, 4) is 0 Å². The van der Waals surface area contributed by atoms with Crippen molar-refractivity contribution in [3.05, 3.63) is 41.0 Å². The summed E-state index contributed by atoms with van der Waals surface area (Å²) in [6.07, 6.45) is 5.20. The molecule has 2 heterocycles. The molecule has 0 radical (unpaired) electrons. The number of aryl methyl sites for hydroxylation is 1. The average Bonchev–Trinajstić information content (AvgIpc) is 2.62. The first-order chi connectivity index (χ1) is 8.65. The van der Waals surface area contributed by atoms with Gasteiger partial charge in [0.15, 0.2) is 5.78 Å². The van der Waals surface area contributed by atoms with Gasteiger partial charge in [-0.25, -0.2) is 0 Å². The highest BCUT2D eigenvalue weighted by molar-refractivity contribution is 6.04. The zero-order valence-electron chi connectivity index (χ0n) is 11.0. The van der Waals surface area contributed by atoms with Crippen LogP contribution in [0.15, 0.2) is 29.8 Å². The van der Waals surface area contributed by atoms with E-state index in [1.54, 1.807) is 0 Å². The van der Waals surface area contributed by atoms with Gasteiger partial charge in [-0.05, 0) is 50.4 Å². The van der Waals surface area contributed by atoms with Crippen molar-refractivity contribution >= 4 is 11.9 Å². The molecule has 0 spiro atoms. The van der Waals surface area contributed by atoms with Crippen LogP contribution < -0.4 is 0 Å². The van der Waals surface area contributed by atoms with Crippen LogP contribution in [0.4, 0.5) is 0 Å². The van der Waals surface area contributed by atoms with Gasteiger partial charge in [-0.2, -0.15) is 0 Å². The second-order valence-corrected chi connectivity index (χ2v) is 5.56. The highest BCUT2D eigenvalue weighted by Gasteiger charge is 2.41. The summed E-state index contributed by atoms with van der Waals surface area (Å²) in [5, 5.41) is 0. The van der Waals surface area contributed by atoms with E-state index in [2.05, 4.69) is 49.2 Å². The lowest BCUT2D eigenvalue weighted by molar-refractivity contribution is -0.121. The molecule has 2 fully saturated rings. The average molecular weight is 241 g/mol. The van der Waals surface area contributed by atoms with E-state index in [0.717, 1.165) is 30.4 Å². The molecule has 0 unspecified atom stereocenters. The molecular formula is C16H19NO. The standard InChI is InChI=1S/C16H19NO/c1-11-3-5-12(6-4-11)9-13-10-14-7-8-15(16(13)18)17(14)2/h3-6,9,14-15H,7-8,10H2,1-2H3/t14-,15+/m0/s1. The number of hydrogen-bond donors (Lipinski definition) is 0. The monoisotopic (exact) mass is 241 g/mol. The van der Waals surface area contributed by atoms with E-state index in [9.17, 15) is 4.79 Å². The Bertz CT molecular complexity index is 500. The summed E-state index contributed by atoms with van der Waals surface area (Å²) in [6, 6.07) is 9.09. The number of likely N-dealkylation sites (N-methyl/N-ethyl adjacent to an activating group) is 1. The summed E-state index contributed by atoms with van der Waals surface area (Å²) in [5.41, 5.74) is 3.42. The Morgan fingerprint density at radius 1 is 1.22 bits per heavy atom. The lowest BCUT2D eigenvalue weighted by Gasteiger charge is -2.31. The molecule has 0 N–H and O–H groups in total. The van der Waals surface area contributed by atoms with Crippen LogP contribution in [0.3, 0.4) is 0 Å². The SMILES string of the molecule is Cc1ccc(C=C2C[C@@H]3CC[C@H](C2=O)N3C)cc1. The highest BCUT2D eigenvalue weighted by atomic mass is 16.1. The normalized spacial score (nSPS) is 30.1. The second kappa shape index (κ2) is 4.36. The van der Waals surface area contributed by atoms with Crippen LogP contribution in [-0.2, 0) is 4.79 Å². The summed E-state index contributed by atoms with van der Waals surface area (Å²) in [5.74, 6) is 0.340. The van der Waals surface area contributed by atoms with Gasteiger partial charge >= 0.3 is 0 Å². The van der Waals surface area contributed by atoms with Gasteiger partial charge in [-0.15, -0.1) is 0 Å². The van der Waals surface area contributed by atoms with Crippen LogP contribution in [0.25, 0.3) is 6.08 Å². The Balaban J connectivity index is 1.89. The van der Waals surface area contributed by atoms with E-state index in [4.69, 9.17) is 0 Å². The number of piperidine rings is 1. The molecule has 2 atom stereocenters. The molecule has 0 aromatic heterocycles. The van der Waals surface area contributed by atoms with Crippen molar-refractivity contribution in [2.45, 2.75) is 38.3 Å². The van der Waals surface area contributed by atoms with Gasteiger partial charge in [0.25, 0.3) is 0 Å². The number of carbonyl (C=O) groups excluding carboxylic acids is 1. The number of Topliss-reactive ketones (excluding diaryl/α,β-unsaturated/α-hetero) is 1. The number of nitrogens with zero attached hydrogens (tertiary/aromatic N) is 1. The maximum atomic E-state index is 12.4. The van der Waals surface area contributed by atoms with E-state index in [0.29, 0.717) is 11.8 Å². The van der Waals surface area contributed by atoms with Gasteiger partial charge in [0.05, 0.1) is 6.04 Å². The predicted molar refractivity (Wildman–Crippen MR) is 73.4 cm³/mol. The molecule has 94 valence electrons. The molecular weight excluding hydrogens is 222 g/mol. The minimum absolute atomic E-state index is 0.139. The molecule has 2 aliphatic heterocycles. The largest absolute Gasteiger partial charge is 0.293 e. The van der Waals surface area contributed by atoms with Crippen molar-refractivity contribution in [2.75, 3.05) is 7.05 Å². The van der Waals surface area contributed by atoms with E-state index in [-0.39, 0.29) is 6.04 Å². The number of rotatable bonds is 1. The first-order valence-corrected chi connectivity index (χ1v) is 6.68. The minimum atomic E-state index is 0.139. The fraction of sp³-hybridized carbons (Fsp3) is 0.438. The summed E-state index contributed by atoms with van der Waals surface area (Å²) >= 11 is 0. The van der Waals surface area contributed by atoms with Gasteiger partial charge in [0, 0.05) is 6.04 Å². The molecule has 1 aromatic carbocycles. The summed E-state index contributed by atoms with van der Waals surface area (Å²) in [6.45, 7) is 2.08. The fourth-order valence-electron chi connectivity index (χ4n) is 3.14.